The molecule has 0 aliphatic carbocycles. The Morgan fingerprint density at radius 3 is 2.78 bits per heavy atom. The van der Waals surface area contributed by atoms with Crippen LogP contribution in [-0.4, -0.2) is 41.3 Å². The van der Waals surface area contributed by atoms with Crippen molar-refractivity contribution in [2.24, 2.45) is 0 Å². The van der Waals surface area contributed by atoms with Crippen LogP contribution in [0.3, 0.4) is 0 Å². The second-order valence-corrected chi connectivity index (χ2v) is 5.33. The predicted octanol–water partition coefficient (Wildman–Crippen LogP) is 1.13. The van der Waals surface area contributed by atoms with Gasteiger partial charge in [0, 0.05) is 24.9 Å². The van der Waals surface area contributed by atoms with E-state index in [1.54, 1.807) is 0 Å². The van der Waals surface area contributed by atoms with Crippen molar-refractivity contribution in [3.05, 3.63) is 18.0 Å². The monoisotopic (exact) mass is 255 g/mol. The molecule has 104 valence electrons. The van der Waals surface area contributed by atoms with Gasteiger partial charge in [0.1, 0.15) is 0 Å². The van der Waals surface area contributed by atoms with Crippen LogP contribution in [0.2, 0.25) is 0 Å². The highest BCUT2D eigenvalue weighted by atomic mass is 16.5. The molecule has 0 aliphatic heterocycles. The molecule has 1 heterocycles. The quantitative estimate of drug-likeness (QED) is 0.684. The molecule has 0 saturated heterocycles. The van der Waals surface area contributed by atoms with Crippen LogP contribution >= 0.6 is 0 Å². The lowest BCUT2D eigenvalue weighted by molar-refractivity contribution is 0.0907. The Bertz CT molecular complexity index is 331. The lowest BCUT2D eigenvalue weighted by atomic mass is 10.1. The number of aromatic nitrogens is 2. The first-order valence-corrected chi connectivity index (χ1v) is 6.47. The van der Waals surface area contributed by atoms with Gasteiger partial charge in [-0.25, -0.2) is 0 Å². The lowest BCUT2D eigenvalue weighted by Gasteiger charge is -2.18. The molecule has 0 atom stereocenters. The number of hydrogen-bond acceptors (Lipinski definition) is 4. The van der Waals surface area contributed by atoms with E-state index in [2.05, 4.69) is 37.4 Å². The average Bonchev–Trinajstić information content (AvgIpc) is 2.76. The van der Waals surface area contributed by atoms with Crippen LogP contribution in [0.5, 0.6) is 0 Å². The third-order valence-electron chi connectivity index (χ3n) is 2.53. The Balaban J connectivity index is 2.14. The SMILES string of the molecule is CC(C)(C)n1cc(CNCCCOCCO)cn1. The summed E-state index contributed by atoms with van der Waals surface area (Å²) in [7, 11) is 0. The molecule has 0 amide bonds. The summed E-state index contributed by atoms with van der Waals surface area (Å²) in [6.45, 7) is 9.36. The van der Waals surface area contributed by atoms with Crippen LogP contribution < -0.4 is 5.32 Å². The van der Waals surface area contributed by atoms with Crippen molar-refractivity contribution in [3.8, 4) is 0 Å². The molecule has 5 heteroatoms. The van der Waals surface area contributed by atoms with E-state index < -0.39 is 0 Å². The molecule has 0 aromatic carbocycles. The van der Waals surface area contributed by atoms with E-state index in [1.165, 1.54) is 5.56 Å². The fourth-order valence-corrected chi connectivity index (χ4v) is 1.52. The highest BCUT2D eigenvalue weighted by molar-refractivity contribution is 5.04. The normalized spacial score (nSPS) is 12.0. The molecule has 1 aromatic heterocycles. The third kappa shape index (κ3) is 5.62. The molecular formula is C13H25N3O2. The second kappa shape index (κ2) is 7.51. The Hall–Kier alpha value is -0.910. The average molecular weight is 255 g/mol. The molecule has 0 unspecified atom stereocenters. The number of hydrogen-bond donors (Lipinski definition) is 2. The molecule has 5 nitrogen and oxygen atoms in total. The Labute approximate surface area is 109 Å². The first-order chi connectivity index (χ1) is 8.54. The zero-order valence-electron chi connectivity index (χ0n) is 11.6. The van der Waals surface area contributed by atoms with E-state index in [0.29, 0.717) is 13.2 Å². The van der Waals surface area contributed by atoms with Gasteiger partial charge in [-0.2, -0.15) is 5.10 Å². The van der Waals surface area contributed by atoms with Crippen molar-refractivity contribution < 1.29 is 9.84 Å². The fraction of sp³-hybridized carbons (Fsp3) is 0.769. The first kappa shape index (κ1) is 15.1. The molecule has 2 N–H and O–H groups in total. The van der Waals surface area contributed by atoms with Gasteiger partial charge in [-0.3, -0.25) is 4.68 Å². The van der Waals surface area contributed by atoms with Crippen LogP contribution in [0.4, 0.5) is 0 Å². The summed E-state index contributed by atoms with van der Waals surface area (Å²) in [6.07, 6.45) is 4.93. The summed E-state index contributed by atoms with van der Waals surface area (Å²) < 4.78 is 7.16. The molecule has 0 fully saturated rings. The summed E-state index contributed by atoms with van der Waals surface area (Å²) in [6, 6.07) is 0. The van der Waals surface area contributed by atoms with Crippen molar-refractivity contribution in [2.45, 2.75) is 39.3 Å². The van der Waals surface area contributed by atoms with Crippen LogP contribution in [0.15, 0.2) is 12.4 Å². The highest BCUT2D eigenvalue weighted by Crippen LogP contribution is 2.12. The third-order valence-corrected chi connectivity index (χ3v) is 2.53. The van der Waals surface area contributed by atoms with Gasteiger partial charge in [-0.1, -0.05) is 0 Å². The summed E-state index contributed by atoms with van der Waals surface area (Å²) in [4.78, 5) is 0. The zero-order chi connectivity index (χ0) is 13.4. The molecule has 0 spiro atoms. The van der Waals surface area contributed by atoms with E-state index in [1.807, 2.05) is 10.9 Å². The number of rotatable bonds is 8. The molecule has 0 saturated carbocycles. The van der Waals surface area contributed by atoms with Crippen molar-refractivity contribution in [1.29, 1.82) is 0 Å². The summed E-state index contributed by atoms with van der Waals surface area (Å²) in [5.41, 5.74) is 1.23. The number of nitrogens with zero attached hydrogens (tertiary/aromatic N) is 2. The van der Waals surface area contributed by atoms with Crippen LogP contribution in [0.25, 0.3) is 0 Å². The van der Waals surface area contributed by atoms with Crippen molar-refractivity contribution in [2.75, 3.05) is 26.4 Å². The van der Waals surface area contributed by atoms with Gasteiger partial charge in [-0.15, -0.1) is 0 Å². The van der Waals surface area contributed by atoms with Gasteiger partial charge in [0.25, 0.3) is 0 Å². The largest absolute Gasteiger partial charge is 0.394 e. The van der Waals surface area contributed by atoms with Crippen LogP contribution in [0, 0.1) is 0 Å². The minimum atomic E-state index is 0.0381. The molecule has 0 bridgehead atoms. The maximum absolute atomic E-state index is 8.54. The summed E-state index contributed by atoms with van der Waals surface area (Å²) >= 11 is 0. The van der Waals surface area contributed by atoms with Gasteiger partial charge in [0.2, 0.25) is 0 Å². The van der Waals surface area contributed by atoms with Crippen LogP contribution in [-0.2, 0) is 16.8 Å². The Morgan fingerprint density at radius 1 is 1.39 bits per heavy atom. The molecule has 1 rings (SSSR count). The lowest BCUT2D eigenvalue weighted by Crippen LogP contribution is -2.22. The standard InChI is InChI=1S/C13H25N3O2/c1-13(2,3)16-11-12(10-15-16)9-14-5-4-7-18-8-6-17/h10-11,14,17H,4-9H2,1-3H3. The van der Waals surface area contributed by atoms with Gasteiger partial charge < -0.3 is 15.2 Å². The molecular weight excluding hydrogens is 230 g/mol. The number of ether oxygens (including phenoxy) is 1. The molecule has 18 heavy (non-hydrogen) atoms. The van der Waals surface area contributed by atoms with Crippen molar-refractivity contribution in [1.82, 2.24) is 15.1 Å². The van der Waals surface area contributed by atoms with Gasteiger partial charge >= 0.3 is 0 Å². The summed E-state index contributed by atoms with van der Waals surface area (Å²) in [5, 5.41) is 16.2. The molecule has 0 aliphatic rings. The maximum Gasteiger partial charge on any atom is 0.0697 e. The highest BCUT2D eigenvalue weighted by Gasteiger charge is 2.13. The van der Waals surface area contributed by atoms with E-state index in [0.717, 1.165) is 19.5 Å². The van der Waals surface area contributed by atoms with Crippen LogP contribution in [0.1, 0.15) is 32.8 Å². The van der Waals surface area contributed by atoms with Crippen molar-refractivity contribution >= 4 is 0 Å². The fourth-order valence-electron chi connectivity index (χ4n) is 1.52. The minimum Gasteiger partial charge on any atom is -0.394 e. The number of nitrogens with one attached hydrogen (secondary N) is 1. The van der Waals surface area contributed by atoms with Crippen molar-refractivity contribution in [3.63, 3.8) is 0 Å². The number of aliphatic hydroxyl groups excluding tert-OH is 1. The van der Waals surface area contributed by atoms with E-state index in [4.69, 9.17) is 9.84 Å². The van der Waals surface area contributed by atoms with Gasteiger partial charge in [0.15, 0.2) is 0 Å². The first-order valence-electron chi connectivity index (χ1n) is 6.47. The minimum absolute atomic E-state index is 0.0381. The maximum atomic E-state index is 8.54. The Kier molecular flexibility index (Phi) is 6.32. The van der Waals surface area contributed by atoms with E-state index in [-0.39, 0.29) is 12.1 Å². The van der Waals surface area contributed by atoms with Gasteiger partial charge in [0.05, 0.1) is 24.9 Å². The Morgan fingerprint density at radius 2 is 2.17 bits per heavy atom. The van der Waals surface area contributed by atoms with Gasteiger partial charge in [-0.05, 0) is 33.7 Å². The summed E-state index contributed by atoms with van der Waals surface area (Å²) in [5.74, 6) is 0. The second-order valence-electron chi connectivity index (χ2n) is 5.33. The smallest absolute Gasteiger partial charge is 0.0697 e. The van der Waals surface area contributed by atoms with E-state index >= 15 is 0 Å². The number of aliphatic hydroxyl groups is 1. The predicted molar refractivity (Wildman–Crippen MR) is 71.5 cm³/mol. The topological polar surface area (TPSA) is 59.3 Å². The molecule has 1 aromatic rings. The van der Waals surface area contributed by atoms with E-state index in [9.17, 15) is 0 Å². The zero-order valence-corrected chi connectivity index (χ0v) is 11.6. The molecule has 0 radical (unpaired) electrons.